The summed E-state index contributed by atoms with van der Waals surface area (Å²) < 4.78 is 0. The third-order valence-electron chi connectivity index (χ3n) is 1.70. The van der Waals surface area contributed by atoms with Gasteiger partial charge in [0, 0.05) is 5.56 Å². The molecule has 0 aliphatic carbocycles. The van der Waals surface area contributed by atoms with Gasteiger partial charge in [0.15, 0.2) is 5.60 Å². The first kappa shape index (κ1) is 11.1. The van der Waals surface area contributed by atoms with Crippen LogP contribution in [-0.2, 0) is 0 Å². The Morgan fingerprint density at radius 1 is 1.29 bits per heavy atom. The lowest BCUT2D eigenvalue weighted by atomic mass is 10.1. The van der Waals surface area contributed by atoms with E-state index in [4.69, 9.17) is 16.7 Å². The molecule has 0 bridgehead atoms. The van der Waals surface area contributed by atoms with Gasteiger partial charge in [0.1, 0.15) is 0 Å². The fraction of sp³-hybridized carbons (Fsp3) is 0.273. The monoisotopic (exact) mass is 210 g/mol. The van der Waals surface area contributed by atoms with Crippen molar-refractivity contribution in [3.63, 3.8) is 0 Å². The highest BCUT2D eigenvalue weighted by atomic mass is 35.5. The molecule has 1 unspecified atom stereocenters. The predicted octanol–water partition coefficient (Wildman–Crippen LogP) is 1.00. The molecule has 14 heavy (non-hydrogen) atoms. The molecule has 0 fully saturated rings. The minimum absolute atomic E-state index is 0.108. The standard InChI is InChI=1S/C11H11ClO2/c12-8-11(14,9-13)7-6-10-4-2-1-3-5-10/h1-5,13-14H,8-9H2. The molecule has 3 heteroatoms. The molecule has 2 N–H and O–H groups in total. The average Bonchev–Trinajstić information content (AvgIpc) is 2.27. The van der Waals surface area contributed by atoms with Gasteiger partial charge < -0.3 is 10.2 Å². The van der Waals surface area contributed by atoms with Crippen molar-refractivity contribution in [1.82, 2.24) is 0 Å². The summed E-state index contributed by atoms with van der Waals surface area (Å²) in [7, 11) is 0. The molecule has 74 valence electrons. The van der Waals surface area contributed by atoms with E-state index in [1.54, 1.807) is 0 Å². The molecule has 1 aromatic carbocycles. The number of rotatable bonds is 2. The van der Waals surface area contributed by atoms with E-state index in [0.717, 1.165) is 5.56 Å². The average molecular weight is 211 g/mol. The van der Waals surface area contributed by atoms with Crippen molar-refractivity contribution < 1.29 is 10.2 Å². The second-order valence-corrected chi connectivity index (χ2v) is 3.21. The second kappa shape index (κ2) is 5.02. The minimum atomic E-state index is -1.50. The first-order chi connectivity index (χ1) is 6.70. The third kappa shape index (κ3) is 3.04. The first-order valence-corrected chi connectivity index (χ1v) is 4.71. The van der Waals surface area contributed by atoms with Gasteiger partial charge in [-0.1, -0.05) is 30.0 Å². The molecule has 0 aromatic heterocycles. The molecule has 0 saturated carbocycles. The Kier molecular flexibility index (Phi) is 3.97. The van der Waals surface area contributed by atoms with Crippen LogP contribution in [0.25, 0.3) is 0 Å². The Balaban J connectivity index is 2.82. The lowest BCUT2D eigenvalue weighted by Gasteiger charge is -2.14. The summed E-state index contributed by atoms with van der Waals surface area (Å²) in [4.78, 5) is 0. The van der Waals surface area contributed by atoms with Gasteiger partial charge in [-0.15, -0.1) is 11.6 Å². The van der Waals surface area contributed by atoms with Crippen molar-refractivity contribution >= 4 is 11.6 Å². The Morgan fingerprint density at radius 3 is 2.43 bits per heavy atom. The predicted molar refractivity (Wildman–Crippen MR) is 56.1 cm³/mol. The first-order valence-electron chi connectivity index (χ1n) is 4.17. The van der Waals surface area contributed by atoms with E-state index in [1.807, 2.05) is 30.3 Å². The van der Waals surface area contributed by atoms with Crippen LogP contribution in [0.5, 0.6) is 0 Å². The summed E-state index contributed by atoms with van der Waals surface area (Å²) in [6.45, 7) is -0.462. The molecule has 1 rings (SSSR count). The highest BCUT2D eigenvalue weighted by Crippen LogP contribution is 2.05. The molecule has 0 spiro atoms. The van der Waals surface area contributed by atoms with Gasteiger partial charge in [-0.3, -0.25) is 0 Å². The van der Waals surface area contributed by atoms with Crippen LogP contribution < -0.4 is 0 Å². The topological polar surface area (TPSA) is 40.5 Å². The van der Waals surface area contributed by atoms with Crippen LogP contribution in [0.4, 0.5) is 0 Å². The van der Waals surface area contributed by atoms with Crippen molar-refractivity contribution in [3.8, 4) is 11.8 Å². The number of aliphatic hydroxyl groups excluding tert-OH is 1. The number of halogens is 1. The Labute approximate surface area is 88.1 Å². The van der Waals surface area contributed by atoms with Gasteiger partial charge in [0.25, 0.3) is 0 Å². The molecule has 0 aliphatic rings. The van der Waals surface area contributed by atoms with Crippen LogP contribution in [0.3, 0.4) is 0 Å². The lowest BCUT2D eigenvalue weighted by molar-refractivity contribution is 0.0548. The van der Waals surface area contributed by atoms with Gasteiger partial charge in [-0.05, 0) is 12.1 Å². The van der Waals surface area contributed by atoms with Gasteiger partial charge in [-0.25, -0.2) is 0 Å². The molecule has 0 aliphatic heterocycles. The number of aliphatic hydroxyl groups is 2. The summed E-state index contributed by atoms with van der Waals surface area (Å²) in [5.74, 6) is 5.17. The van der Waals surface area contributed by atoms with Crippen molar-refractivity contribution in [2.24, 2.45) is 0 Å². The van der Waals surface area contributed by atoms with Gasteiger partial charge in [0.2, 0.25) is 0 Å². The number of hydrogen-bond donors (Lipinski definition) is 2. The van der Waals surface area contributed by atoms with E-state index in [0.29, 0.717) is 0 Å². The van der Waals surface area contributed by atoms with Crippen molar-refractivity contribution in [2.75, 3.05) is 12.5 Å². The maximum atomic E-state index is 9.53. The molecule has 0 amide bonds. The third-order valence-corrected chi connectivity index (χ3v) is 2.14. The van der Waals surface area contributed by atoms with Crippen LogP contribution in [0.15, 0.2) is 30.3 Å². The Hall–Kier alpha value is -1.01. The van der Waals surface area contributed by atoms with Crippen molar-refractivity contribution in [3.05, 3.63) is 35.9 Å². The molecule has 1 aromatic rings. The Morgan fingerprint density at radius 2 is 1.93 bits per heavy atom. The number of hydrogen-bond acceptors (Lipinski definition) is 2. The molecule has 0 radical (unpaired) electrons. The van der Waals surface area contributed by atoms with Crippen LogP contribution in [0.2, 0.25) is 0 Å². The van der Waals surface area contributed by atoms with Gasteiger partial charge in [0.05, 0.1) is 12.5 Å². The number of benzene rings is 1. The smallest absolute Gasteiger partial charge is 0.162 e. The molecule has 1 atom stereocenters. The van der Waals surface area contributed by atoms with E-state index in [-0.39, 0.29) is 5.88 Å². The normalized spacial score (nSPS) is 13.9. The molecular weight excluding hydrogens is 200 g/mol. The summed E-state index contributed by atoms with van der Waals surface area (Å²) in [6, 6.07) is 9.22. The SMILES string of the molecule is OCC(O)(C#Cc1ccccc1)CCl. The highest BCUT2D eigenvalue weighted by molar-refractivity contribution is 6.18. The quantitative estimate of drug-likeness (QED) is 0.565. The fourth-order valence-electron chi connectivity index (χ4n) is 0.825. The summed E-state index contributed by atoms with van der Waals surface area (Å²) >= 11 is 5.46. The van der Waals surface area contributed by atoms with Crippen LogP contribution in [0, 0.1) is 11.8 Å². The van der Waals surface area contributed by atoms with Crippen molar-refractivity contribution in [2.45, 2.75) is 5.60 Å². The number of alkyl halides is 1. The second-order valence-electron chi connectivity index (χ2n) is 2.94. The minimum Gasteiger partial charge on any atom is -0.392 e. The molecule has 0 heterocycles. The van der Waals surface area contributed by atoms with Gasteiger partial charge >= 0.3 is 0 Å². The van der Waals surface area contributed by atoms with E-state index in [1.165, 1.54) is 0 Å². The summed E-state index contributed by atoms with van der Waals surface area (Å²) in [6.07, 6.45) is 0. The van der Waals surface area contributed by atoms with Crippen LogP contribution in [0.1, 0.15) is 5.56 Å². The van der Waals surface area contributed by atoms with E-state index >= 15 is 0 Å². The lowest BCUT2D eigenvalue weighted by Crippen LogP contribution is -2.33. The molecule has 2 nitrogen and oxygen atoms in total. The van der Waals surface area contributed by atoms with Crippen molar-refractivity contribution in [1.29, 1.82) is 0 Å². The highest BCUT2D eigenvalue weighted by Gasteiger charge is 2.21. The van der Waals surface area contributed by atoms with E-state index < -0.39 is 12.2 Å². The zero-order valence-electron chi connectivity index (χ0n) is 7.57. The zero-order chi connectivity index (χ0) is 10.4. The maximum Gasteiger partial charge on any atom is 0.162 e. The summed E-state index contributed by atoms with van der Waals surface area (Å²) in [5, 5.41) is 18.4. The Bertz CT molecular complexity index is 333. The van der Waals surface area contributed by atoms with Crippen LogP contribution >= 0.6 is 11.6 Å². The van der Waals surface area contributed by atoms with E-state index in [2.05, 4.69) is 11.8 Å². The fourth-order valence-corrected chi connectivity index (χ4v) is 0.977. The molecule has 0 saturated heterocycles. The van der Waals surface area contributed by atoms with Crippen LogP contribution in [-0.4, -0.2) is 28.3 Å². The maximum absolute atomic E-state index is 9.53. The zero-order valence-corrected chi connectivity index (χ0v) is 8.33. The molecular formula is C11H11ClO2. The van der Waals surface area contributed by atoms with Gasteiger partial charge in [-0.2, -0.15) is 0 Å². The largest absolute Gasteiger partial charge is 0.392 e. The van der Waals surface area contributed by atoms with E-state index in [9.17, 15) is 5.11 Å². The summed E-state index contributed by atoms with van der Waals surface area (Å²) in [5.41, 5.74) is -0.721.